The summed E-state index contributed by atoms with van der Waals surface area (Å²) in [7, 11) is 3.46. The number of aryl methyl sites for hydroxylation is 1. The van der Waals surface area contributed by atoms with Gasteiger partial charge >= 0.3 is 0 Å². The number of aliphatic imine (C=N–C) groups is 1. The number of nitrogens with one attached hydrogen (secondary N) is 2. The third kappa shape index (κ3) is 5.19. The predicted molar refractivity (Wildman–Crippen MR) is 107 cm³/mol. The largest absolute Gasteiger partial charge is 0.493 e. The van der Waals surface area contributed by atoms with Crippen molar-refractivity contribution in [3.05, 3.63) is 45.9 Å². The number of ether oxygens (including phenoxy) is 1. The number of benzene rings is 1. The van der Waals surface area contributed by atoms with Gasteiger partial charge in [0.25, 0.3) is 0 Å². The van der Waals surface area contributed by atoms with Crippen LogP contribution in [0.15, 0.2) is 35.5 Å². The summed E-state index contributed by atoms with van der Waals surface area (Å²) in [6.45, 7) is 3.32. The van der Waals surface area contributed by atoms with E-state index >= 15 is 0 Å². The first-order valence-electron chi connectivity index (χ1n) is 8.91. The number of hydrogen-bond acceptors (Lipinski definition) is 5. The molecule has 1 unspecified atom stereocenters. The summed E-state index contributed by atoms with van der Waals surface area (Å²) in [6.07, 6.45) is 2.69. The summed E-state index contributed by atoms with van der Waals surface area (Å²) >= 11 is 1.64. The summed E-state index contributed by atoms with van der Waals surface area (Å²) in [4.78, 5) is 23.5. The van der Waals surface area contributed by atoms with Gasteiger partial charge in [-0.3, -0.25) is 4.79 Å². The van der Waals surface area contributed by atoms with Crippen molar-refractivity contribution in [2.45, 2.75) is 25.9 Å². The van der Waals surface area contributed by atoms with E-state index in [1.165, 1.54) is 9.78 Å². The summed E-state index contributed by atoms with van der Waals surface area (Å²) < 4.78 is 5.73. The standard InChI is InChI=1S/C19H25N5O2S/c1-13-10-20-17(27-13)11-21-19(22-12-18(25)24(2)3)23-15-8-9-26-16-7-5-4-6-14(15)16/h4-7,10,15H,8-9,11-12H2,1-3H3,(H2,21,22,23). The number of hydrogen-bond donors (Lipinski definition) is 2. The second kappa shape index (κ2) is 8.85. The Labute approximate surface area is 163 Å². The topological polar surface area (TPSA) is 78.9 Å². The van der Waals surface area contributed by atoms with Gasteiger partial charge in [-0.25, -0.2) is 9.98 Å². The number of nitrogens with zero attached hydrogens (tertiary/aromatic N) is 3. The summed E-state index contributed by atoms with van der Waals surface area (Å²) in [5.74, 6) is 1.44. The number of fused-ring (bicyclic) bond motifs is 1. The minimum absolute atomic E-state index is 0.0476. The van der Waals surface area contributed by atoms with Gasteiger partial charge in [-0.15, -0.1) is 11.3 Å². The summed E-state index contributed by atoms with van der Waals surface area (Å²) in [5, 5.41) is 7.73. The van der Waals surface area contributed by atoms with E-state index in [-0.39, 0.29) is 18.5 Å². The van der Waals surface area contributed by atoms with E-state index in [1.54, 1.807) is 25.4 Å². The molecule has 0 saturated heterocycles. The van der Waals surface area contributed by atoms with E-state index in [4.69, 9.17) is 4.74 Å². The highest BCUT2D eigenvalue weighted by Crippen LogP contribution is 2.31. The maximum Gasteiger partial charge on any atom is 0.243 e. The Kier molecular flexibility index (Phi) is 6.28. The Morgan fingerprint density at radius 2 is 2.22 bits per heavy atom. The molecule has 8 heteroatoms. The molecule has 0 fully saturated rings. The molecular weight excluding hydrogens is 362 g/mol. The zero-order chi connectivity index (χ0) is 19.2. The predicted octanol–water partition coefficient (Wildman–Crippen LogP) is 2.10. The zero-order valence-electron chi connectivity index (χ0n) is 15.9. The molecule has 0 spiro atoms. The molecule has 7 nitrogen and oxygen atoms in total. The number of guanidine groups is 1. The highest BCUT2D eigenvalue weighted by atomic mass is 32.1. The first-order chi connectivity index (χ1) is 13.0. The lowest BCUT2D eigenvalue weighted by Crippen LogP contribution is -2.41. The smallest absolute Gasteiger partial charge is 0.243 e. The maximum atomic E-state index is 11.9. The molecule has 1 atom stereocenters. The lowest BCUT2D eigenvalue weighted by molar-refractivity contribution is -0.127. The fourth-order valence-corrected chi connectivity index (χ4v) is 3.47. The fraction of sp³-hybridized carbons (Fsp3) is 0.421. The van der Waals surface area contributed by atoms with Crippen molar-refractivity contribution >= 4 is 23.2 Å². The lowest BCUT2D eigenvalue weighted by atomic mass is 10.0. The van der Waals surface area contributed by atoms with Gasteiger partial charge in [-0.1, -0.05) is 18.2 Å². The van der Waals surface area contributed by atoms with Crippen LogP contribution in [0.2, 0.25) is 0 Å². The molecule has 0 saturated carbocycles. The SMILES string of the molecule is Cc1cnc(CNC(=NCC(=O)N(C)C)NC2CCOc3ccccc32)s1. The van der Waals surface area contributed by atoms with Crippen LogP contribution in [-0.4, -0.2) is 49.0 Å². The van der Waals surface area contributed by atoms with Crippen LogP contribution in [0, 0.1) is 6.92 Å². The van der Waals surface area contributed by atoms with Gasteiger partial charge in [-0.2, -0.15) is 0 Å². The maximum absolute atomic E-state index is 11.9. The van der Waals surface area contributed by atoms with Gasteiger partial charge in [0, 0.05) is 37.2 Å². The van der Waals surface area contributed by atoms with Gasteiger partial charge < -0.3 is 20.3 Å². The normalized spacial score (nSPS) is 16.3. The number of amides is 1. The molecule has 2 N–H and O–H groups in total. The number of aromatic nitrogens is 1. The van der Waals surface area contributed by atoms with Crippen LogP contribution in [0.3, 0.4) is 0 Å². The first kappa shape index (κ1) is 19.2. The molecule has 1 aromatic carbocycles. The molecule has 2 heterocycles. The molecule has 27 heavy (non-hydrogen) atoms. The van der Waals surface area contributed by atoms with E-state index in [9.17, 15) is 4.79 Å². The number of rotatable bonds is 5. The molecule has 0 aliphatic carbocycles. The van der Waals surface area contributed by atoms with Crippen molar-refractivity contribution in [3.8, 4) is 5.75 Å². The number of thiazole rings is 1. The van der Waals surface area contributed by atoms with Gasteiger partial charge in [0.2, 0.25) is 5.91 Å². The van der Waals surface area contributed by atoms with Gasteiger partial charge in [0.05, 0.1) is 19.2 Å². The average Bonchev–Trinajstić information content (AvgIpc) is 3.09. The number of likely N-dealkylation sites (N-methyl/N-ethyl adjacent to an activating group) is 1. The van der Waals surface area contributed by atoms with Crippen molar-refractivity contribution in [1.29, 1.82) is 0 Å². The highest BCUT2D eigenvalue weighted by molar-refractivity contribution is 7.11. The highest BCUT2D eigenvalue weighted by Gasteiger charge is 2.22. The van der Waals surface area contributed by atoms with Crippen LogP contribution < -0.4 is 15.4 Å². The number of para-hydroxylation sites is 1. The third-order valence-corrected chi connectivity index (χ3v) is 5.13. The molecule has 1 amide bonds. The molecule has 0 bridgehead atoms. The lowest BCUT2D eigenvalue weighted by Gasteiger charge is -2.28. The molecule has 1 aliphatic rings. The molecule has 3 rings (SSSR count). The van der Waals surface area contributed by atoms with E-state index in [1.807, 2.05) is 31.3 Å². The van der Waals surface area contributed by atoms with Crippen LogP contribution in [0.5, 0.6) is 5.75 Å². The Bertz CT molecular complexity index is 818. The minimum atomic E-state index is -0.0476. The van der Waals surface area contributed by atoms with Gasteiger partial charge in [0.1, 0.15) is 17.3 Å². The van der Waals surface area contributed by atoms with Gasteiger partial charge in [0.15, 0.2) is 5.96 Å². The van der Waals surface area contributed by atoms with Crippen LogP contribution in [0.1, 0.15) is 27.9 Å². The van der Waals surface area contributed by atoms with E-state index in [2.05, 4.69) is 26.7 Å². The Morgan fingerprint density at radius 3 is 2.96 bits per heavy atom. The van der Waals surface area contributed by atoms with Crippen molar-refractivity contribution in [3.63, 3.8) is 0 Å². The van der Waals surface area contributed by atoms with Crippen molar-refractivity contribution < 1.29 is 9.53 Å². The molecule has 1 aromatic heterocycles. The monoisotopic (exact) mass is 387 g/mol. The molecule has 0 radical (unpaired) electrons. The van der Waals surface area contributed by atoms with Crippen molar-refractivity contribution in [2.75, 3.05) is 27.2 Å². The second-order valence-corrected chi connectivity index (χ2v) is 7.86. The molecule has 1 aliphatic heterocycles. The van der Waals surface area contributed by atoms with Crippen LogP contribution in [0.25, 0.3) is 0 Å². The van der Waals surface area contributed by atoms with Crippen molar-refractivity contribution in [1.82, 2.24) is 20.5 Å². The van der Waals surface area contributed by atoms with Crippen LogP contribution in [0.4, 0.5) is 0 Å². The van der Waals surface area contributed by atoms with Crippen LogP contribution >= 0.6 is 11.3 Å². The van der Waals surface area contributed by atoms with Gasteiger partial charge in [-0.05, 0) is 13.0 Å². The Morgan fingerprint density at radius 1 is 1.41 bits per heavy atom. The summed E-state index contributed by atoms with van der Waals surface area (Å²) in [6, 6.07) is 8.07. The zero-order valence-corrected chi connectivity index (χ0v) is 16.7. The summed E-state index contributed by atoms with van der Waals surface area (Å²) in [5.41, 5.74) is 1.10. The van der Waals surface area contributed by atoms with E-state index < -0.39 is 0 Å². The third-order valence-electron chi connectivity index (χ3n) is 4.22. The molecule has 144 valence electrons. The fourth-order valence-electron chi connectivity index (χ4n) is 2.74. The average molecular weight is 388 g/mol. The number of carbonyl (C=O) groups is 1. The Hall–Kier alpha value is -2.61. The first-order valence-corrected chi connectivity index (χ1v) is 9.72. The molecular formula is C19H25N5O2S. The quantitative estimate of drug-likeness (QED) is 0.607. The van der Waals surface area contributed by atoms with E-state index in [0.717, 1.165) is 22.7 Å². The Balaban J connectivity index is 1.73. The number of carbonyl (C=O) groups excluding carboxylic acids is 1. The van der Waals surface area contributed by atoms with Crippen molar-refractivity contribution in [2.24, 2.45) is 4.99 Å². The van der Waals surface area contributed by atoms with E-state index in [0.29, 0.717) is 19.1 Å². The molecule has 2 aromatic rings. The second-order valence-electron chi connectivity index (χ2n) is 6.54. The van der Waals surface area contributed by atoms with Crippen LogP contribution in [-0.2, 0) is 11.3 Å². The minimum Gasteiger partial charge on any atom is -0.493 e.